The second kappa shape index (κ2) is 10.8. The number of halogens is 3. The van der Waals surface area contributed by atoms with Crippen molar-refractivity contribution in [2.24, 2.45) is 0 Å². The maximum absolute atomic E-state index is 14.5. The third-order valence-corrected chi connectivity index (χ3v) is 10.6. The molecule has 1 fully saturated rings. The molecule has 3 aromatic carbocycles. The van der Waals surface area contributed by atoms with E-state index in [4.69, 9.17) is 34.8 Å². The Kier molecular flexibility index (Phi) is 7.41. The Hall–Kier alpha value is -2.15. The van der Waals surface area contributed by atoms with Crippen molar-refractivity contribution >= 4 is 69.9 Å². The molecule has 2 aliphatic heterocycles. The molecule has 38 heavy (non-hydrogen) atoms. The van der Waals surface area contributed by atoms with Crippen molar-refractivity contribution in [3.8, 4) is 0 Å². The number of carbonyl (C=O) groups excluding carboxylic acids is 2. The van der Waals surface area contributed by atoms with E-state index in [1.165, 1.54) is 0 Å². The van der Waals surface area contributed by atoms with Crippen molar-refractivity contribution in [3.63, 3.8) is 0 Å². The van der Waals surface area contributed by atoms with E-state index >= 15 is 0 Å². The minimum Gasteiger partial charge on any atom is -0.380 e. The number of rotatable bonds is 3. The molecule has 0 amide bonds. The van der Waals surface area contributed by atoms with Gasteiger partial charge in [0.05, 0.1) is 15.9 Å². The number of benzene rings is 3. The van der Waals surface area contributed by atoms with Crippen LogP contribution >= 0.6 is 58.3 Å². The van der Waals surface area contributed by atoms with Gasteiger partial charge in [-0.25, -0.2) is 0 Å². The smallest absolute Gasteiger partial charge is 0.196 e. The van der Waals surface area contributed by atoms with Crippen molar-refractivity contribution in [1.82, 2.24) is 5.32 Å². The quantitative estimate of drug-likeness (QED) is 0.243. The second-order valence-corrected chi connectivity index (χ2v) is 13.2. The second-order valence-electron chi connectivity index (χ2n) is 9.46. The van der Waals surface area contributed by atoms with Gasteiger partial charge in [-0.2, -0.15) is 0 Å². The summed E-state index contributed by atoms with van der Waals surface area (Å²) in [7, 11) is 0. The first kappa shape index (κ1) is 26.1. The molecule has 8 heteroatoms. The van der Waals surface area contributed by atoms with Crippen LogP contribution in [-0.4, -0.2) is 23.1 Å². The van der Waals surface area contributed by atoms with E-state index in [1.54, 1.807) is 23.5 Å². The fourth-order valence-electron chi connectivity index (χ4n) is 5.54. The molecule has 6 rings (SSSR count). The fraction of sp³-hybridized carbons (Fsp3) is 0.200. The normalized spacial score (nSPS) is 23.5. The van der Waals surface area contributed by atoms with Gasteiger partial charge in [-0.3, -0.25) is 9.59 Å². The standard InChI is InChI=1S/C30H22Cl3NO2S2/c31-19-9-7-16(8-10-19)27-24(18-4-2-6-21(33)14-18)26-28(34-27)22(17-3-1-5-20(32)13-17)15-23(35)25(29(26)36)30-37-11-12-38-30/h1-10,13-14,22,24,27,34H,11-12,15H2/t22-,24+,27-/m1/s1. The average Bonchev–Trinajstić information content (AvgIpc) is 3.54. The third kappa shape index (κ3) is 4.84. The fourth-order valence-corrected chi connectivity index (χ4v) is 8.64. The molecule has 3 nitrogen and oxygen atoms in total. The summed E-state index contributed by atoms with van der Waals surface area (Å²) in [5, 5.41) is 5.53. The lowest BCUT2D eigenvalue weighted by Gasteiger charge is -2.25. The monoisotopic (exact) mass is 597 g/mol. The lowest BCUT2D eigenvalue weighted by molar-refractivity contribution is -0.119. The number of hydrogen-bond acceptors (Lipinski definition) is 5. The summed E-state index contributed by atoms with van der Waals surface area (Å²) in [5.41, 5.74) is 4.53. The number of hydrogen-bond donors (Lipinski definition) is 1. The van der Waals surface area contributed by atoms with Crippen molar-refractivity contribution in [2.45, 2.75) is 24.3 Å². The molecular formula is C30H22Cl3NO2S2. The highest BCUT2D eigenvalue weighted by atomic mass is 35.5. The van der Waals surface area contributed by atoms with Crippen LogP contribution < -0.4 is 5.32 Å². The van der Waals surface area contributed by atoms with Gasteiger partial charge >= 0.3 is 0 Å². The van der Waals surface area contributed by atoms with Crippen molar-refractivity contribution in [1.29, 1.82) is 0 Å². The molecule has 0 radical (unpaired) electrons. The largest absolute Gasteiger partial charge is 0.380 e. The van der Waals surface area contributed by atoms with Crippen LogP contribution in [0.25, 0.3) is 0 Å². The number of nitrogens with one attached hydrogen (secondary N) is 1. The summed E-state index contributed by atoms with van der Waals surface area (Å²) in [4.78, 5) is 28.3. The minimum absolute atomic E-state index is 0.124. The van der Waals surface area contributed by atoms with Crippen LogP contribution in [0.5, 0.6) is 0 Å². The van der Waals surface area contributed by atoms with E-state index in [0.717, 1.165) is 38.1 Å². The van der Waals surface area contributed by atoms with Crippen molar-refractivity contribution in [2.75, 3.05) is 11.5 Å². The van der Waals surface area contributed by atoms with Crippen molar-refractivity contribution in [3.05, 3.63) is 126 Å². The molecular weight excluding hydrogens is 577 g/mol. The van der Waals surface area contributed by atoms with Crippen LogP contribution in [0.2, 0.25) is 15.1 Å². The Morgan fingerprint density at radius 1 is 0.737 bits per heavy atom. The van der Waals surface area contributed by atoms with Crippen LogP contribution in [0.3, 0.4) is 0 Å². The highest BCUT2D eigenvalue weighted by Crippen LogP contribution is 2.52. The number of carbonyl (C=O) groups is 2. The summed E-state index contributed by atoms with van der Waals surface area (Å²) in [5.74, 6) is 0.764. The average molecular weight is 599 g/mol. The zero-order valence-corrected chi connectivity index (χ0v) is 23.9. The lowest BCUT2D eigenvalue weighted by Crippen LogP contribution is -2.25. The molecule has 2 heterocycles. The molecule has 1 aliphatic carbocycles. The Balaban J connectivity index is 1.59. The van der Waals surface area contributed by atoms with Gasteiger partial charge in [0.2, 0.25) is 0 Å². The van der Waals surface area contributed by atoms with Gasteiger partial charge in [0, 0.05) is 56.1 Å². The van der Waals surface area contributed by atoms with Crippen LogP contribution in [-0.2, 0) is 9.59 Å². The first-order valence-corrected chi connectivity index (χ1v) is 15.4. The minimum atomic E-state index is -0.350. The highest BCUT2D eigenvalue weighted by Gasteiger charge is 2.47. The van der Waals surface area contributed by atoms with E-state index in [2.05, 4.69) is 5.32 Å². The van der Waals surface area contributed by atoms with Crippen molar-refractivity contribution < 1.29 is 9.59 Å². The summed E-state index contributed by atoms with van der Waals surface area (Å²) in [6.07, 6.45) is 0.188. The van der Waals surface area contributed by atoms with E-state index in [0.29, 0.717) is 26.2 Å². The Morgan fingerprint density at radius 2 is 1.37 bits per heavy atom. The Morgan fingerprint density at radius 3 is 2.03 bits per heavy atom. The van der Waals surface area contributed by atoms with Gasteiger partial charge in [0.1, 0.15) is 0 Å². The van der Waals surface area contributed by atoms with Crippen LogP contribution in [0.1, 0.15) is 41.0 Å². The van der Waals surface area contributed by atoms with Gasteiger partial charge < -0.3 is 5.32 Å². The molecule has 0 saturated carbocycles. The van der Waals surface area contributed by atoms with Gasteiger partial charge in [-0.15, -0.1) is 23.5 Å². The van der Waals surface area contributed by atoms with E-state index in [-0.39, 0.29) is 35.9 Å². The predicted molar refractivity (Wildman–Crippen MR) is 159 cm³/mol. The maximum Gasteiger partial charge on any atom is 0.196 e. The van der Waals surface area contributed by atoms with E-state index < -0.39 is 0 Å². The van der Waals surface area contributed by atoms with Gasteiger partial charge in [-0.05, 0) is 53.1 Å². The highest BCUT2D eigenvalue weighted by molar-refractivity contribution is 8.25. The summed E-state index contributed by atoms with van der Waals surface area (Å²) in [6, 6.07) is 22.6. The zero-order valence-electron chi connectivity index (χ0n) is 20.0. The number of thioether (sulfide) groups is 2. The summed E-state index contributed by atoms with van der Waals surface area (Å²) < 4.78 is 0.832. The van der Waals surface area contributed by atoms with E-state index in [1.807, 2.05) is 72.8 Å². The number of ketones is 2. The SMILES string of the molecule is O=C1C[C@H](c2cccc(Cl)c2)C2=C(C(=O)C1=C1SCCS1)[C@H](c1cccc(Cl)c1)[C@@H](c1ccc(Cl)cc1)N2. The number of Topliss-reactive ketones (excluding diaryl/α,β-unsaturated/α-hetero) is 2. The lowest BCUT2D eigenvalue weighted by atomic mass is 9.81. The molecule has 0 bridgehead atoms. The Bertz CT molecular complexity index is 1510. The third-order valence-electron chi connectivity index (χ3n) is 7.18. The first-order valence-electron chi connectivity index (χ1n) is 12.3. The molecule has 0 aromatic heterocycles. The predicted octanol–water partition coefficient (Wildman–Crippen LogP) is 8.35. The summed E-state index contributed by atoms with van der Waals surface area (Å²) in [6.45, 7) is 0. The molecule has 3 atom stereocenters. The van der Waals surface area contributed by atoms with Crippen LogP contribution in [0, 0.1) is 0 Å². The van der Waals surface area contributed by atoms with Crippen LogP contribution in [0.4, 0.5) is 0 Å². The van der Waals surface area contributed by atoms with Gasteiger partial charge in [-0.1, -0.05) is 71.2 Å². The summed E-state index contributed by atoms with van der Waals surface area (Å²) >= 11 is 22.3. The first-order chi connectivity index (χ1) is 18.4. The molecule has 3 aromatic rings. The van der Waals surface area contributed by atoms with Gasteiger partial charge in [0.15, 0.2) is 11.6 Å². The molecule has 192 valence electrons. The number of allylic oxidation sites excluding steroid dienone is 2. The molecule has 0 spiro atoms. The molecule has 0 unspecified atom stereocenters. The Labute approximate surface area is 245 Å². The van der Waals surface area contributed by atoms with E-state index in [9.17, 15) is 9.59 Å². The van der Waals surface area contributed by atoms with Crippen LogP contribution in [0.15, 0.2) is 93.9 Å². The maximum atomic E-state index is 14.5. The molecule has 1 N–H and O–H groups in total. The van der Waals surface area contributed by atoms with Gasteiger partial charge in [0.25, 0.3) is 0 Å². The zero-order chi connectivity index (χ0) is 26.4. The topological polar surface area (TPSA) is 46.2 Å². The molecule has 3 aliphatic rings. The molecule has 1 saturated heterocycles.